The molecule has 3 heterocycles. The molecule has 3 N–H and O–H groups in total. The number of hydrogen-bond acceptors (Lipinski definition) is 6. The van der Waals surface area contributed by atoms with Crippen molar-refractivity contribution in [3.63, 3.8) is 0 Å². The Morgan fingerprint density at radius 1 is 1.18 bits per heavy atom. The molecule has 28 heavy (non-hydrogen) atoms. The third-order valence-electron chi connectivity index (χ3n) is 4.70. The molecule has 148 valence electrons. The number of aromatic carboxylic acids is 1. The average Bonchev–Trinajstić information content (AvgIpc) is 3.25. The molecule has 4 rings (SSSR count). The molecule has 0 unspecified atom stereocenters. The van der Waals surface area contributed by atoms with Crippen LogP contribution in [-0.2, 0) is 0 Å². The molecule has 0 atom stereocenters. The number of thiophene rings is 1. The predicted octanol–water partition coefficient (Wildman–Crippen LogP) is 2.75. The van der Waals surface area contributed by atoms with Crippen LogP contribution in [0.2, 0.25) is 0 Å². The monoisotopic (exact) mass is 421 g/mol. The molecule has 0 bridgehead atoms. The van der Waals surface area contributed by atoms with Gasteiger partial charge in [0.2, 0.25) is 0 Å². The summed E-state index contributed by atoms with van der Waals surface area (Å²) in [4.78, 5) is 29.0. The summed E-state index contributed by atoms with van der Waals surface area (Å²) in [6.07, 6.45) is 0. The van der Waals surface area contributed by atoms with Crippen LogP contribution in [0.1, 0.15) is 20.0 Å². The van der Waals surface area contributed by atoms with Gasteiger partial charge in [0.05, 0.1) is 5.39 Å². The number of carboxylic acid groups (broad SMARTS) is 1. The Bertz CT molecular complexity index is 992. The van der Waals surface area contributed by atoms with Crippen LogP contribution in [0.5, 0.6) is 0 Å². The number of carbonyl (C=O) groups is 2. The number of aromatic nitrogens is 2. The fourth-order valence-corrected chi connectivity index (χ4v) is 3.92. The second kappa shape index (κ2) is 8.17. The molecule has 1 saturated heterocycles. The van der Waals surface area contributed by atoms with Crippen molar-refractivity contribution in [3.05, 3.63) is 40.8 Å². The quantitative estimate of drug-likeness (QED) is 0.598. The number of carboxylic acids is 1. The van der Waals surface area contributed by atoms with E-state index < -0.39 is 5.97 Å². The number of H-pyrrole nitrogens is 1. The Hall–Kier alpha value is -2.62. The number of carbonyl (C=O) groups excluding carboxylic acids is 1. The van der Waals surface area contributed by atoms with Gasteiger partial charge in [-0.15, -0.1) is 23.7 Å². The van der Waals surface area contributed by atoms with Crippen molar-refractivity contribution in [2.45, 2.75) is 0 Å². The summed E-state index contributed by atoms with van der Waals surface area (Å²) < 4.78 is 0. The lowest BCUT2D eigenvalue weighted by Crippen LogP contribution is -2.44. The Balaban J connectivity index is 0.00000225. The number of aromatic amines is 1. The first-order valence-electron chi connectivity index (χ1n) is 8.57. The summed E-state index contributed by atoms with van der Waals surface area (Å²) in [7, 11) is 2.12. The lowest BCUT2D eigenvalue weighted by Gasteiger charge is -2.34. The van der Waals surface area contributed by atoms with Crippen LogP contribution in [0.4, 0.5) is 11.5 Å². The van der Waals surface area contributed by atoms with Gasteiger partial charge < -0.3 is 20.2 Å². The van der Waals surface area contributed by atoms with Gasteiger partial charge in [0, 0.05) is 37.4 Å². The van der Waals surface area contributed by atoms with Gasteiger partial charge in [0.25, 0.3) is 5.91 Å². The number of rotatable bonds is 4. The fraction of sp³-hybridized carbons (Fsp3) is 0.278. The van der Waals surface area contributed by atoms with Gasteiger partial charge in [-0.05, 0) is 37.4 Å². The van der Waals surface area contributed by atoms with E-state index in [4.69, 9.17) is 5.11 Å². The van der Waals surface area contributed by atoms with Gasteiger partial charge in [-0.1, -0.05) is 0 Å². The molecular weight excluding hydrogens is 402 g/mol. The largest absolute Gasteiger partial charge is 0.477 e. The summed E-state index contributed by atoms with van der Waals surface area (Å²) >= 11 is 1.06. The van der Waals surface area contributed by atoms with Gasteiger partial charge in [-0.2, -0.15) is 5.10 Å². The van der Waals surface area contributed by atoms with E-state index in [1.54, 1.807) is 12.1 Å². The van der Waals surface area contributed by atoms with E-state index in [0.717, 1.165) is 43.2 Å². The molecule has 1 amide bonds. The number of hydrogen-bond donors (Lipinski definition) is 3. The van der Waals surface area contributed by atoms with Gasteiger partial charge in [-0.25, -0.2) is 4.79 Å². The molecule has 1 aliphatic heterocycles. The lowest BCUT2D eigenvalue weighted by atomic mass is 10.1. The Kier molecular flexibility index (Phi) is 5.87. The van der Waals surface area contributed by atoms with E-state index in [9.17, 15) is 9.59 Å². The highest BCUT2D eigenvalue weighted by Gasteiger charge is 2.17. The van der Waals surface area contributed by atoms with Crippen LogP contribution in [0.3, 0.4) is 0 Å². The summed E-state index contributed by atoms with van der Waals surface area (Å²) in [6.45, 7) is 3.99. The number of fused-ring (bicyclic) bond motifs is 1. The summed E-state index contributed by atoms with van der Waals surface area (Å²) in [5, 5.41) is 19.3. The minimum Gasteiger partial charge on any atom is -0.477 e. The Labute approximate surface area is 171 Å². The lowest BCUT2D eigenvalue weighted by molar-refractivity contribution is 0.0702. The molecule has 1 aromatic carbocycles. The smallest absolute Gasteiger partial charge is 0.345 e. The first kappa shape index (κ1) is 20.1. The van der Waals surface area contributed by atoms with Crippen LogP contribution in [0.25, 0.3) is 10.2 Å². The van der Waals surface area contributed by atoms with E-state index in [1.165, 1.54) is 6.07 Å². The second-order valence-electron chi connectivity index (χ2n) is 6.52. The highest BCUT2D eigenvalue weighted by atomic mass is 35.5. The van der Waals surface area contributed by atoms with E-state index in [1.807, 2.05) is 12.1 Å². The van der Waals surface area contributed by atoms with E-state index in [2.05, 4.69) is 32.4 Å². The molecule has 0 radical (unpaired) electrons. The third kappa shape index (κ3) is 3.96. The van der Waals surface area contributed by atoms with Crippen molar-refractivity contribution in [3.8, 4) is 0 Å². The van der Waals surface area contributed by atoms with Crippen LogP contribution >= 0.6 is 23.7 Å². The number of nitrogens with zero attached hydrogens (tertiary/aromatic N) is 3. The van der Waals surface area contributed by atoms with E-state index >= 15 is 0 Å². The molecule has 8 nitrogen and oxygen atoms in total. The maximum atomic E-state index is 12.5. The highest BCUT2D eigenvalue weighted by molar-refractivity contribution is 7.20. The number of likely N-dealkylation sites (N-methyl/N-ethyl adjacent to an activating group) is 1. The minimum atomic E-state index is -1.00. The zero-order chi connectivity index (χ0) is 19.0. The SMILES string of the molecule is CN1CCN(c2ccc(C(=O)Nc3[nH]nc4sc(C(=O)O)cc34)cc2)CC1.Cl. The molecule has 10 heteroatoms. The summed E-state index contributed by atoms with van der Waals surface area (Å²) in [5.41, 5.74) is 1.64. The van der Waals surface area contributed by atoms with Crippen LogP contribution in [-0.4, -0.2) is 65.3 Å². The number of halogens is 1. The molecule has 0 saturated carbocycles. The van der Waals surface area contributed by atoms with Gasteiger partial charge in [0.15, 0.2) is 0 Å². The van der Waals surface area contributed by atoms with Crippen LogP contribution in [0.15, 0.2) is 30.3 Å². The van der Waals surface area contributed by atoms with Gasteiger partial charge in [-0.3, -0.25) is 9.89 Å². The minimum absolute atomic E-state index is 0. The van der Waals surface area contributed by atoms with Crippen LogP contribution < -0.4 is 10.2 Å². The number of nitrogens with one attached hydrogen (secondary N) is 2. The normalized spacial score (nSPS) is 14.7. The maximum absolute atomic E-state index is 12.5. The number of piperazine rings is 1. The zero-order valence-electron chi connectivity index (χ0n) is 15.1. The Morgan fingerprint density at radius 3 is 2.50 bits per heavy atom. The van der Waals surface area contributed by atoms with Crippen LogP contribution in [0, 0.1) is 0 Å². The molecule has 1 aliphatic rings. The molecule has 2 aromatic heterocycles. The van der Waals surface area contributed by atoms with Crippen molar-refractivity contribution in [1.82, 2.24) is 15.1 Å². The van der Waals surface area contributed by atoms with Gasteiger partial charge >= 0.3 is 5.97 Å². The first-order chi connectivity index (χ1) is 13.0. The standard InChI is InChI=1S/C18H19N5O3S.ClH/c1-22-6-8-23(9-7-22)12-4-2-11(3-5-12)16(24)19-15-13-10-14(18(25)26)27-17(13)21-20-15;/h2-5,10H,6-9H2,1H3,(H,25,26)(H2,19,20,21,24);1H. The number of benzene rings is 1. The van der Waals surface area contributed by atoms with Crippen molar-refractivity contribution in [1.29, 1.82) is 0 Å². The molecular formula is C18H20ClN5O3S. The highest BCUT2D eigenvalue weighted by Crippen LogP contribution is 2.29. The van der Waals surface area contributed by atoms with E-state index in [-0.39, 0.29) is 23.2 Å². The van der Waals surface area contributed by atoms with Crippen molar-refractivity contribution in [2.75, 3.05) is 43.4 Å². The maximum Gasteiger partial charge on any atom is 0.345 e. The summed E-state index contributed by atoms with van der Waals surface area (Å²) in [6, 6.07) is 9.02. The molecule has 0 aliphatic carbocycles. The summed E-state index contributed by atoms with van der Waals surface area (Å²) in [5.74, 6) is -0.870. The first-order valence-corrected chi connectivity index (χ1v) is 9.39. The predicted molar refractivity (Wildman–Crippen MR) is 112 cm³/mol. The topological polar surface area (TPSA) is 102 Å². The fourth-order valence-electron chi connectivity index (χ4n) is 3.09. The molecule has 1 fully saturated rings. The average molecular weight is 422 g/mol. The van der Waals surface area contributed by atoms with E-state index in [0.29, 0.717) is 21.6 Å². The second-order valence-corrected chi connectivity index (χ2v) is 7.56. The van der Waals surface area contributed by atoms with Crippen molar-refractivity contribution in [2.24, 2.45) is 0 Å². The van der Waals surface area contributed by atoms with Crippen molar-refractivity contribution >= 4 is 57.3 Å². The number of anilines is 2. The third-order valence-corrected chi connectivity index (χ3v) is 5.72. The van der Waals surface area contributed by atoms with Crippen molar-refractivity contribution < 1.29 is 14.7 Å². The molecule has 3 aromatic rings. The molecule has 0 spiro atoms. The zero-order valence-corrected chi connectivity index (χ0v) is 16.8. The Morgan fingerprint density at radius 2 is 1.86 bits per heavy atom. The number of amides is 1. The van der Waals surface area contributed by atoms with Gasteiger partial charge in [0.1, 0.15) is 15.5 Å².